The van der Waals surface area contributed by atoms with Crippen molar-refractivity contribution >= 4 is 11.9 Å². The van der Waals surface area contributed by atoms with Gasteiger partial charge in [0.05, 0.1) is 12.2 Å². The summed E-state index contributed by atoms with van der Waals surface area (Å²) in [6, 6.07) is 2.36. The lowest BCUT2D eigenvalue weighted by molar-refractivity contribution is -0.159. The van der Waals surface area contributed by atoms with Crippen molar-refractivity contribution in [3.8, 4) is 5.75 Å². The van der Waals surface area contributed by atoms with Gasteiger partial charge in [0.15, 0.2) is 0 Å². The molecule has 1 atom stereocenters. The molecule has 1 aromatic rings. The van der Waals surface area contributed by atoms with Gasteiger partial charge in [0.2, 0.25) is 0 Å². The van der Waals surface area contributed by atoms with Crippen molar-refractivity contribution in [2.45, 2.75) is 97.1 Å². The third kappa shape index (κ3) is 4.95. The number of amides is 1. The van der Waals surface area contributed by atoms with Gasteiger partial charge in [0.1, 0.15) is 23.2 Å². The molecule has 6 heteroatoms. The predicted octanol–water partition coefficient (Wildman–Crippen LogP) is 5.93. The SMILES string of the molecule is CCc1cc(C(=O)N2CCC[C@H]2C(=O)OC(C)(C)C)c(F)cc1OCC12CC3CC(CC(C3)C1)C2. The van der Waals surface area contributed by atoms with Crippen LogP contribution in [-0.4, -0.2) is 41.6 Å². The Labute approximate surface area is 208 Å². The molecular formula is C29H40FNO4. The zero-order valence-electron chi connectivity index (χ0n) is 21.7. The Bertz CT molecular complexity index is 962. The second-order valence-corrected chi connectivity index (χ2v) is 12.7. The molecule has 5 nitrogen and oxygen atoms in total. The van der Waals surface area contributed by atoms with Crippen molar-refractivity contribution < 1.29 is 23.5 Å². The van der Waals surface area contributed by atoms with Gasteiger partial charge in [-0.1, -0.05) is 6.92 Å². The Morgan fingerprint density at radius 2 is 1.71 bits per heavy atom. The Kier molecular flexibility index (Phi) is 6.38. The number of halogens is 1. The van der Waals surface area contributed by atoms with Crippen molar-refractivity contribution in [3.63, 3.8) is 0 Å². The molecule has 4 aliphatic carbocycles. The van der Waals surface area contributed by atoms with Crippen molar-refractivity contribution in [3.05, 3.63) is 29.1 Å². The van der Waals surface area contributed by atoms with Crippen LogP contribution in [0.25, 0.3) is 0 Å². The molecule has 0 aromatic heterocycles. The van der Waals surface area contributed by atoms with Crippen LogP contribution in [0.15, 0.2) is 12.1 Å². The molecule has 35 heavy (non-hydrogen) atoms. The summed E-state index contributed by atoms with van der Waals surface area (Å²) in [6.45, 7) is 8.49. The maximum absolute atomic E-state index is 15.3. The Hall–Kier alpha value is -2.11. The molecule has 0 radical (unpaired) electrons. The molecule has 5 aliphatic rings. The number of aryl methyl sites for hydroxylation is 1. The highest BCUT2D eigenvalue weighted by atomic mass is 19.1. The van der Waals surface area contributed by atoms with E-state index in [0.717, 1.165) is 23.3 Å². The zero-order valence-corrected chi connectivity index (χ0v) is 21.7. The third-order valence-corrected chi connectivity index (χ3v) is 8.65. The first kappa shape index (κ1) is 24.6. The van der Waals surface area contributed by atoms with E-state index in [4.69, 9.17) is 9.47 Å². The predicted molar refractivity (Wildman–Crippen MR) is 132 cm³/mol. The fraction of sp³-hybridized carbons (Fsp3) is 0.724. The molecule has 0 N–H and O–H groups in total. The average molecular weight is 486 g/mol. The number of carbonyl (C=O) groups excluding carboxylic acids is 2. The maximum atomic E-state index is 15.3. The average Bonchev–Trinajstić information content (AvgIpc) is 3.25. The van der Waals surface area contributed by atoms with Gasteiger partial charge in [-0.2, -0.15) is 0 Å². The lowest BCUT2D eigenvalue weighted by Crippen LogP contribution is -2.48. The first-order chi connectivity index (χ1) is 16.6. The minimum Gasteiger partial charge on any atom is -0.493 e. The summed E-state index contributed by atoms with van der Waals surface area (Å²) in [5.41, 5.74) is 0.456. The molecule has 6 rings (SSSR count). The molecule has 0 unspecified atom stereocenters. The lowest BCUT2D eigenvalue weighted by Gasteiger charge is -2.56. The summed E-state index contributed by atoms with van der Waals surface area (Å²) in [6.07, 6.45) is 9.73. The second-order valence-electron chi connectivity index (χ2n) is 12.7. The van der Waals surface area contributed by atoms with Gasteiger partial charge in [-0.25, -0.2) is 9.18 Å². The molecule has 1 aromatic carbocycles. The normalized spacial score (nSPS) is 31.6. The number of carbonyl (C=O) groups is 2. The minimum atomic E-state index is -0.668. The summed E-state index contributed by atoms with van der Waals surface area (Å²) in [4.78, 5) is 27.5. The second kappa shape index (κ2) is 9.08. The van der Waals surface area contributed by atoms with Crippen molar-refractivity contribution in [2.75, 3.05) is 13.2 Å². The van der Waals surface area contributed by atoms with Gasteiger partial charge in [0, 0.05) is 18.0 Å². The number of esters is 1. The fourth-order valence-corrected chi connectivity index (χ4v) is 7.65. The van der Waals surface area contributed by atoms with E-state index >= 15 is 4.39 Å². The number of hydrogen-bond acceptors (Lipinski definition) is 4. The topological polar surface area (TPSA) is 55.8 Å². The van der Waals surface area contributed by atoms with Gasteiger partial charge in [0.25, 0.3) is 5.91 Å². The molecule has 1 saturated heterocycles. The van der Waals surface area contributed by atoms with E-state index in [1.54, 1.807) is 26.8 Å². The highest BCUT2D eigenvalue weighted by molar-refractivity contribution is 5.97. The van der Waals surface area contributed by atoms with E-state index in [2.05, 4.69) is 0 Å². The monoisotopic (exact) mass is 485 g/mol. The Balaban J connectivity index is 1.31. The van der Waals surface area contributed by atoms with Crippen LogP contribution in [0.1, 0.15) is 95.0 Å². The number of benzene rings is 1. The number of hydrogen-bond donors (Lipinski definition) is 0. The summed E-state index contributed by atoms with van der Waals surface area (Å²) in [5, 5.41) is 0. The van der Waals surface area contributed by atoms with Crippen LogP contribution in [-0.2, 0) is 16.0 Å². The first-order valence-electron chi connectivity index (χ1n) is 13.5. The van der Waals surface area contributed by atoms with Crippen LogP contribution < -0.4 is 4.74 Å². The molecular weight excluding hydrogens is 445 g/mol. The van der Waals surface area contributed by atoms with Gasteiger partial charge in [-0.3, -0.25) is 4.79 Å². The molecule has 4 saturated carbocycles. The largest absolute Gasteiger partial charge is 0.493 e. The smallest absolute Gasteiger partial charge is 0.329 e. The lowest BCUT2D eigenvalue weighted by atomic mass is 9.50. The molecule has 0 spiro atoms. The van der Waals surface area contributed by atoms with Gasteiger partial charge < -0.3 is 14.4 Å². The number of likely N-dealkylation sites (tertiary alicyclic amines) is 1. The van der Waals surface area contributed by atoms with Crippen LogP contribution >= 0.6 is 0 Å². The van der Waals surface area contributed by atoms with E-state index in [1.165, 1.54) is 49.5 Å². The summed E-state index contributed by atoms with van der Waals surface area (Å²) in [5.74, 6) is 1.62. The van der Waals surface area contributed by atoms with Gasteiger partial charge >= 0.3 is 5.97 Å². The summed E-state index contributed by atoms with van der Waals surface area (Å²) < 4.78 is 27.2. The molecule has 4 bridgehead atoms. The Morgan fingerprint density at radius 1 is 1.09 bits per heavy atom. The Morgan fingerprint density at radius 3 is 2.29 bits per heavy atom. The first-order valence-corrected chi connectivity index (χ1v) is 13.5. The summed E-state index contributed by atoms with van der Waals surface area (Å²) >= 11 is 0. The third-order valence-electron chi connectivity index (χ3n) is 8.65. The van der Waals surface area contributed by atoms with Crippen LogP contribution in [0.5, 0.6) is 5.75 Å². The van der Waals surface area contributed by atoms with Crippen LogP contribution in [0.4, 0.5) is 4.39 Å². The molecule has 1 heterocycles. The summed E-state index contributed by atoms with van der Waals surface area (Å²) in [7, 11) is 0. The van der Waals surface area contributed by atoms with Crippen LogP contribution in [0.2, 0.25) is 0 Å². The number of ether oxygens (including phenoxy) is 2. The van der Waals surface area contributed by atoms with E-state index in [1.807, 2.05) is 6.92 Å². The number of rotatable bonds is 6. The maximum Gasteiger partial charge on any atom is 0.329 e. The molecule has 1 aliphatic heterocycles. The highest BCUT2D eigenvalue weighted by Crippen LogP contribution is 2.60. The zero-order chi connectivity index (χ0) is 25.0. The molecule has 5 fully saturated rings. The van der Waals surface area contributed by atoms with Crippen molar-refractivity contribution in [1.29, 1.82) is 0 Å². The van der Waals surface area contributed by atoms with Crippen LogP contribution in [0, 0.1) is 29.0 Å². The fourth-order valence-electron chi connectivity index (χ4n) is 7.65. The number of nitrogens with zero attached hydrogens (tertiary/aromatic N) is 1. The minimum absolute atomic E-state index is 0.0134. The van der Waals surface area contributed by atoms with E-state index < -0.39 is 29.3 Å². The van der Waals surface area contributed by atoms with Gasteiger partial charge in [-0.15, -0.1) is 0 Å². The molecule has 1 amide bonds. The van der Waals surface area contributed by atoms with Crippen LogP contribution in [0.3, 0.4) is 0 Å². The molecule has 192 valence electrons. The highest BCUT2D eigenvalue weighted by Gasteiger charge is 2.51. The van der Waals surface area contributed by atoms with Gasteiger partial charge in [-0.05, 0) is 108 Å². The van der Waals surface area contributed by atoms with E-state index in [9.17, 15) is 9.59 Å². The van der Waals surface area contributed by atoms with E-state index in [0.29, 0.717) is 38.2 Å². The van der Waals surface area contributed by atoms with E-state index in [-0.39, 0.29) is 11.0 Å². The quantitative estimate of drug-likeness (QED) is 0.469. The standard InChI is InChI=1S/C29H40FNO4/c1-5-21-12-22(26(32)31-8-6-7-24(31)27(33)35-28(2,3)4)23(30)13-25(21)34-17-29-14-18-9-19(15-29)11-20(10-18)16-29/h12-13,18-20,24H,5-11,14-17H2,1-4H3/t18?,19?,20?,24-,29?/m0/s1. The van der Waals surface area contributed by atoms with Crippen molar-refractivity contribution in [1.82, 2.24) is 4.90 Å². The van der Waals surface area contributed by atoms with Crippen molar-refractivity contribution in [2.24, 2.45) is 23.2 Å².